The molecule has 1 aromatic rings. The third kappa shape index (κ3) is 2.80. The van der Waals surface area contributed by atoms with E-state index in [-0.39, 0.29) is 0 Å². The van der Waals surface area contributed by atoms with Crippen LogP contribution in [0.3, 0.4) is 0 Å². The number of nitrogens with zero attached hydrogens (tertiary/aromatic N) is 4. The molecule has 20 heavy (non-hydrogen) atoms. The standard InChI is InChI=1S/C12H18F3N5/c13-12(14,15)11-18-17-10-8-19(5-6-20(10)11)7-9-3-1-2-4-16-9/h9,16H,1-8H2. The summed E-state index contributed by atoms with van der Waals surface area (Å²) in [6.07, 6.45) is -0.852. The van der Waals surface area contributed by atoms with Gasteiger partial charge >= 0.3 is 6.18 Å². The molecular formula is C12H18F3N5. The fourth-order valence-electron chi connectivity index (χ4n) is 2.96. The highest BCUT2D eigenvalue weighted by Gasteiger charge is 2.39. The average molecular weight is 289 g/mol. The minimum Gasteiger partial charge on any atom is -0.313 e. The summed E-state index contributed by atoms with van der Waals surface area (Å²) < 4.78 is 39.4. The second-order valence-electron chi connectivity index (χ2n) is 5.47. The first-order chi connectivity index (χ1) is 9.54. The smallest absolute Gasteiger partial charge is 0.313 e. The van der Waals surface area contributed by atoms with Crippen LogP contribution in [0, 0.1) is 0 Å². The Morgan fingerprint density at radius 1 is 1.20 bits per heavy atom. The summed E-state index contributed by atoms with van der Waals surface area (Å²) in [6.45, 7) is 3.28. The van der Waals surface area contributed by atoms with E-state index in [1.54, 1.807) is 0 Å². The molecule has 8 heteroatoms. The molecule has 1 aromatic heterocycles. The van der Waals surface area contributed by atoms with E-state index in [1.807, 2.05) is 0 Å². The van der Waals surface area contributed by atoms with Gasteiger partial charge in [-0.1, -0.05) is 6.42 Å². The molecule has 0 aromatic carbocycles. The van der Waals surface area contributed by atoms with Crippen molar-refractivity contribution in [2.24, 2.45) is 0 Å². The summed E-state index contributed by atoms with van der Waals surface area (Å²) in [5, 5.41) is 10.4. The van der Waals surface area contributed by atoms with Gasteiger partial charge in [-0.2, -0.15) is 13.2 Å². The number of halogens is 3. The van der Waals surface area contributed by atoms with Gasteiger partial charge in [0, 0.05) is 25.7 Å². The molecule has 1 atom stereocenters. The first kappa shape index (κ1) is 13.8. The minimum atomic E-state index is -4.42. The Bertz CT molecular complexity index is 464. The Kier molecular flexibility index (Phi) is 3.68. The summed E-state index contributed by atoms with van der Waals surface area (Å²) >= 11 is 0. The summed E-state index contributed by atoms with van der Waals surface area (Å²) in [5.41, 5.74) is 0. The van der Waals surface area contributed by atoms with Gasteiger partial charge in [-0.25, -0.2) is 0 Å². The molecule has 0 radical (unpaired) electrons. The van der Waals surface area contributed by atoms with Gasteiger partial charge in [-0.15, -0.1) is 10.2 Å². The van der Waals surface area contributed by atoms with E-state index in [9.17, 15) is 13.2 Å². The molecule has 3 heterocycles. The van der Waals surface area contributed by atoms with Gasteiger partial charge < -0.3 is 9.88 Å². The second kappa shape index (κ2) is 5.33. The van der Waals surface area contributed by atoms with Crippen LogP contribution in [0.4, 0.5) is 13.2 Å². The molecule has 0 aliphatic carbocycles. The van der Waals surface area contributed by atoms with E-state index in [0.717, 1.165) is 19.5 Å². The van der Waals surface area contributed by atoms with E-state index in [0.29, 0.717) is 31.5 Å². The number of hydrogen-bond acceptors (Lipinski definition) is 4. The molecule has 0 amide bonds. The Hall–Kier alpha value is -1.15. The van der Waals surface area contributed by atoms with Gasteiger partial charge in [0.05, 0.1) is 6.54 Å². The second-order valence-corrected chi connectivity index (χ2v) is 5.47. The molecule has 2 aliphatic heterocycles. The summed E-state index contributed by atoms with van der Waals surface area (Å²) in [6, 6.07) is 0.445. The Morgan fingerprint density at radius 2 is 2.05 bits per heavy atom. The molecule has 1 N–H and O–H groups in total. The van der Waals surface area contributed by atoms with Crippen molar-refractivity contribution in [3.05, 3.63) is 11.6 Å². The molecule has 2 aliphatic rings. The number of fused-ring (bicyclic) bond motifs is 1. The quantitative estimate of drug-likeness (QED) is 0.890. The Morgan fingerprint density at radius 3 is 2.75 bits per heavy atom. The fraction of sp³-hybridized carbons (Fsp3) is 0.833. The van der Waals surface area contributed by atoms with Crippen LogP contribution < -0.4 is 5.32 Å². The number of piperidine rings is 1. The summed E-state index contributed by atoms with van der Waals surface area (Å²) in [5.74, 6) is -0.456. The number of alkyl halides is 3. The lowest BCUT2D eigenvalue weighted by Gasteiger charge is -2.33. The van der Waals surface area contributed by atoms with Gasteiger partial charge in [-0.05, 0) is 19.4 Å². The number of rotatable bonds is 2. The predicted octanol–water partition coefficient (Wildman–Crippen LogP) is 1.25. The zero-order chi connectivity index (χ0) is 14.2. The van der Waals surface area contributed by atoms with E-state index in [2.05, 4.69) is 20.4 Å². The normalized spacial score (nSPS) is 24.6. The Balaban J connectivity index is 1.65. The lowest BCUT2D eigenvalue weighted by atomic mass is 10.0. The monoisotopic (exact) mass is 289 g/mol. The number of aromatic nitrogens is 3. The molecule has 1 saturated heterocycles. The van der Waals surface area contributed by atoms with Gasteiger partial charge in [0.2, 0.25) is 5.82 Å². The van der Waals surface area contributed by atoms with E-state index >= 15 is 0 Å². The molecule has 0 saturated carbocycles. The molecule has 3 rings (SSSR count). The Labute approximate surface area is 115 Å². The van der Waals surface area contributed by atoms with Crippen LogP contribution in [0.15, 0.2) is 0 Å². The molecule has 0 bridgehead atoms. The fourth-order valence-corrected chi connectivity index (χ4v) is 2.96. The SMILES string of the molecule is FC(F)(F)c1nnc2n1CCN(CC1CCCCN1)C2. The summed E-state index contributed by atoms with van der Waals surface area (Å²) in [4.78, 5) is 2.16. The van der Waals surface area contributed by atoms with Crippen LogP contribution in [0.25, 0.3) is 0 Å². The largest absolute Gasteiger partial charge is 0.451 e. The predicted molar refractivity (Wildman–Crippen MR) is 65.9 cm³/mol. The number of nitrogens with one attached hydrogen (secondary N) is 1. The maximum atomic E-state index is 12.7. The van der Waals surface area contributed by atoms with Crippen LogP contribution in [-0.2, 0) is 19.3 Å². The van der Waals surface area contributed by atoms with Gasteiger partial charge in [-0.3, -0.25) is 4.90 Å². The maximum Gasteiger partial charge on any atom is 0.451 e. The first-order valence-corrected chi connectivity index (χ1v) is 6.99. The van der Waals surface area contributed by atoms with Crippen LogP contribution in [-0.4, -0.2) is 45.3 Å². The third-order valence-electron chi connectivity index (χ3n) is 3.98. The third-order valence-corrected chi connectivity index (χ3v) is 3.98. The molecule has 1 fully saturated rings. The highest BCUT2D eigenvalue weighted by Crippen LogP contribution is 2.29. The van der Waals surface area contributed by atoms with Gasteiger partial charge in [0.1, 0.15) is 5.82 Å². The van der Waals surface area contributed by atoms with Crippen molar-refractivity contribution >= 4 is 0 Å². The van der Waals surface area contributed by atoms with Crippen molar-refractivity contribution in [1.82, 2.24) is 25.0 Å². The van der Waals surface area contributed by atoms with Crippen molar-refractivity contribution in [2.75, 3.05) is 19.6 Å². The van der Waals surface area contributed by atoms with Crippen molar-refractivity contribution in [3.63, 3.8) is 0 Å². The van der Waals surface area contributed by atoms with Crippen LogP contribution in [0.5, 0.6) is 0 Å². The molecule has 1 unspecified atom stereocenters. The van der Waals surface area contributed by atoms with Crippen molar-refractivity contribution < 1.29 is 13.2 Å². The highest BCUT2D eigenvalue weighted by atomic mass is 19.4. The molecular weight excluding hydrogens is 271 g/mol. The average Bonchev–Trinajstić information content (AvgIpc) is 2.83. The van der Waals surface area contributed by atoms with Crippen LogP contribution >= 0.6 is 0 Å². The van der Waals surface area contributed by atoms with Crippen LogP contribution in [0.2, 0.25) is 0 Å². The van der Waals surface area contributed by atoms with Crippen LogP contribution in [0.1, 0.15) is 30.9 Å². The van der Waals surface area contributed by atoms with E-state index in [4.69, 9.17) is 0 Å². The topological polar surface area (TPSA) is 46.0 Å². The minimum absolute atomic E-state index is 0.309. The number of hydrogen-bond donors (Lipinski definition) is 1. The molecule has 112 valence electrons. The van der Waals surface area contributed by atoms with Gasteiger partial charge in [0.25, 0.3) is 0 Å². The summed E-state index contributed by atoms with van der Waals surface area (Å²) in [7, 11) is 0. The zero-order valence-electron chi connectivity index (χ0n) is 11.2. The van der Waals surface area contributed by atoms with Crippen molar-refractivity contribution in [2.45, 2.75) is 44.6 Å². The zero-order valence-corrected chi connectivity index (χ0v) is 11.2. The van der Waals surface area contributed by atoms with Gasteiger partial charge in [0.15, 0.2) is 0 Å². The molecule has 0 spiro atoms. The van der Waals surface area contributed by atoms with E-state index in [1.165, 1.54) is 17.4 Å². The van der Waals surface area contributed by atoms with E-state index < -0.39 is 12.0 Å². The lowest BCUT2D eigenvalue weighted by molar-refractivity contribution is -0.148. The maximum absolute atomic E-state index is 12.7. The van der Waals surface area contributed by atoms with Crippen molar-refractivity contribution in [1.29, 1.82) is 0 Å². The molecule has 5 nitrogen and oxygen atoms in total. The first-order valence-electron chi connectivity index (χ1n) is 6.99. The van der Waals surface area contributed by atoms with Crippen molar-refractivity contribution in [3.8, 4) is 0 Å². The highest BCUT2D eigenvalue weighted by molar-refractivity contribution is 5.02. The lowest BCUT2D eigenvalue weighted by Crippen LogP contribution is -2.46.